The number of nitrogens with one attached hydrogen (secondary N) is 3. The zero-order chi connectivity index (χ0) is 25.7. The van der Waals surface area contributed by atoms with Crippen molar-refractivity contribution in [2.24, 2.45) is 0 Å². The first-order valence-electron chi connectivity index (χ1n) is 11.2. The number of aromatic amines is 1. The molecule has 1 aromatic carbocycles. The molecule has 0 radical (unpaired) electrons. The SMILES string of the molecule is COc1ccc(C(=O)NCC(=O)N2C[C@H](OC(F)F)C[C@H]2C(=O)NCc2cc3cnccc3[nH]2)cc1. The van der Waals surface area contributed by atoms with E-state index >= 15 is 0 Å². The average Bonchev–Trinajstić information content (AvgIpc) is 3.49. The van der Waals surface area contributed by atoms with E-state index in [4.69, 9.17) is 4.74 Å². The lowest BCUT2D eigenvalue weighted by atomic mass is 10.1. The number of fused-ring (bicyclic) bond motifs is 1. The van der Waals surface area contributed by atoms with Gasteiger partial charge in [-0.2, -0.15) is 8.78 Å². The molecule has 0 bridgehead atoms. The summed E-state index contributed by atoms with van der Waals surface area (Å²) in [6.07, 6.45) is 2.22. The molecule has 2 atom stereocenters. The Morgan fingerprint density at radius 1 is 1.19 bits per heavy atom. The highest BCUT2D eigenvalue weighted by Crippen LogP contribution is 2.23. The predicted molar refractivity (Wildman–Crippen MR) is 124 cm³/mol. The van der Waals surface area contributed by atoms with Crippen LogP contribution in [0.3, 0.4) is 0 Å². The Morgan fingerprint density at radius 3 is 2.67 bits per heavy atom. The molecule has 0 spiro atoms. The van der Waals surface area contributed by atoms with Crippen LogP contribution in [0.2, 0.25) is 0 Å². The lowest BCUT2D eigenvalue weighted by Gasteiger charge is -2.24. The standard InChI is InChI=1S/C24H25F2N5O5/c1-35-17-4-2-14(3-5-17)22(33)29-12-21(32)31-13-18(36-24(25)26)9-20(31)23(34)28-11-16-8-15-10-27-7-6-19(15)30-16/h2-8,10,18,20,24,30H,9,11-13H2,1H3,(H,28,34)(H,29,33)/t18-,20+/m1/s1. The second-order valence-electron chi connectivity index (χ2n) is 8.20. The number of pyridine rings is 1. The number of alkyl halides is 2. The van der Waals surface area contributed by atoms with Crippen LogP contribution in [-0.4, -0.2) is 71.5 Å². The van der Waals surface area contributed by atoms with E-state index in [1.54, 1.807) is 30.6 Å². The van der Waals surface area contributed by atoms with Crippen LogP contribution in [0.15, 0.2) is 48.8 Å². The van der Waals surface area contributed by atoms with E-state index in [2.05, 4.69) is 25.3 Å². The number of nitrogens with zero attached hydrogens (tertiary/aromatic N) is 2. The second-order valence-corrected chi connectivity index (χ2v) is 8.20. The summed E-state index contributed by atoms with van der Waals surface area (Å²) >= 11 is 0. The highest BCUT2D eigenvalue weighted by atomic mass is 19.3. The highest BCUT2D eigenvalue weighted by molar-refractivity contribution is 5.97. The first-order valence-corrected chi connectivity index (χ1v) is 11.2. The average molecular weight is 501 g/mol. The van der Waals surface area contributed by atoms with Crippen molar-refractivity contribution >= 4 is 28.6 Å². The number of carbonyl (C=O) groups excluding carboxylic acids is 3. The summed E-state index contributed by atoms with van der Waals surface area (Å²) in [6.45, 7) is -3.51. The van der Waals surface area contributed by atoms with Gasteiger partial charge in [0, 0.05) is 47.5 Å². The van der Waals surface area contributed by atoms with Crippen molar-refractivity contribution in [3.63, 3.8) is 0 Å². The zero-order valence-electron chi connectivity index (χ0n) is 19.4. The maximum atomic E-state index is 12.9. The molecular weight excluding hydrogens is 476 g/mol. The van der Waals surface area contributed by atoms with E-state index in [0.717, 1.165) is 15.8 Å². The molecule has 2 aromatic heterocycles. The van der Waals surface area contributed by atoms with Gasteiger partial charge in [0.25, 0.3) is 5.91 Å². The van der Waals surface area contributed by atoms with E-state index in [-0.39, 0.29) is 19.5 Å². The summed E-state index contributed by atoms with van der Waals surface area (Å²) in [6, 6.07) is 8.89. The third kappa shape index (κ3) is 5.95. The smallest absolute Gasteiger partial charge is 0.345 e. The predicted octanol–water partition coefficient (Wildman–Crippen LogP) is 1.83. The van der Waals surface area contributed by atoms with Crippen molar-refractivity contribution in [1.29, 1.82) is 0 Å². The molecule has 10 nitrogen and oxygen atoms in total. The summed E-state index contributed by atoms with van der Waals surface area (Å²) in [5.74, 6) is -1.03. The van der Waals surface area contributed by atoms with Gasteiger partial charge in [-0.3, -0.25) is 19.4 Å². The van der Waals surface area contributed by atoms with E-state index in [0.29, 0.717) is 17.0 Å². The van der Waals surface area contributed by atoms with Gasteiger partial charge in [-0.1, -0.05) is 0 Å². The Labute approximate surface area is 205 Å². The molecular formula is C24H25F2N5O5. The number of carbonyl (C=O) groups is 3. The maximum absolute atomic E-state index is 12.9. The topological polar surface area (TPSA) is 126 Å². The summed E-state index contributed by atoms with van der Waals surface area (Å²) in [5, 5.41) is 6.11. The first-order chi connectivity index (χ1) is 17.3. The van der Waals surface area contributed by atoms with Crippen molar-refractivity contribution in [3.05, 3.63) is 60.0 Å². The molecule has 190 valence electrons. The summed E-state index contributed by atoms with van der Waals surface area (Å²) in [7, 11) is 1.50. The van der Waals surface area contributed by atoms with Crippen molar-refractivity contribution in [1.82, 2.24) is 25.5 Å². The first kappa shape index (κ1) is 25.0. The molecule has 36 heavy (non-hydrogen) atoms. The Balaban J connectivity index is 1.38. The molecule has 1 fully saturated rings. The number of rotatable bonds is 9. The van der Waals surface area contributed by atoms with Crippen molar-refractivity contribution < 1.29 is 32.6 Å². The van der Waals surface area contributed by atoms with Gasteiger partial charge in [0.15, 0.2) is 0 Å². The zero-order valence-corrected chi connectivity index (χ0v) is 19.4. The molecule has 0 unspecified atom stereocenters. The summed E-state index contributed by atoms with van der Waals surface area (Å²) < 4.78 is 35.2. The van der Waals surface area contributed by atoms with Crippen molar-refractivity contribution in [2.45, 2.75) is 31.7 Å². The minimum atomic E-state index is -3.04. The molecule has 3 heterocycles. The Kier molecular flexibility index (Phi) is 7.74. The molecule has 3 N–H and O–H groups in total. The fourth-order valence-corrected chi connectivity index (χ4v) is 4.10. The number of H-pyrrole nitrogens is 1. The molecule has 0 saturated carbocycles. The molecule has 0 aliphatic carbocycles. The van der Waals surface area contributed by atoms with Gasteiger partial charge in [-0.25, -0.2) is 0 Å². The number of benzene rings is 1. The van der Waals surface area contributed by atoms with Crippen LogP contribution in [-0.2, 0) is 20.9 Å². The Bertz CT molecular complexity index is 1200. The van der Waals surface area contributed by atoms with Gasteiger partial charge < -0.3 is 30.0 Å². The number of methoxy groups -OCH3 is 1. The number of likely N-dealkylation sites (tertiary alicyclic amines) is 1. The minimum Gasteiger partial charge on any atom is -0.497 e. The maximum Gasteiger partial charge on any atom is 0.345 e. The van der Waals surface area contributed by atoms with Crippen LogP contribution in [0.25, 0.3) is 10.9 Å². The van der Waals surface area contributed by atoms with Crippen molar-refractivity contribution in [3.8, 4) is 5.75 Å². The number of halogens is 2. The fraction of sp³-hybridized carbons (Fsp3) is 0.333. The van der Waals surface area contributed by atoms with Gasteiger partial charge in [0.05, 0.1) is 26.3 Å². The number of amides is 3. The third-order valence-electron chi connectivity index (χ3n) is 5.86. The fourth-order valence-electron chi connectivity index (χ4n) is 4.10. The van der Waals surface area contributed by atoms with Crippen LogP contribution >= 0.6 is 0 Å². The molecule has 3 amide bonds. The van der Waals surface area contributed by atoms with E-state index in [9.17, 15) is 23.2 Å². The molecule has 4 rings (SSSR count). The molecule has 12 heteroatoms. The van der Waals surface area contributed by atoms with E-state index < -0.39 is 43.0 Å². The molecule has 1 aliphatic heterocycles. The molecule has 3 aromatic rings. The van der Waals surface area contributed by atoms with Crippen LogP contribution in [0.4, 0.5) is 8.78 Å². The number of hydrogen-bond acceptors (Lipinski definition) is 6. The summed E-state index contributed by atoms with van der Waals surface area (Å²) in [5.41, 5.74) is 1.88. The van der Waals surface area contributed by atoms with Gasteiger partial charge >= 0.3 is 6.61 Å². The largest absolute Gasteiger partial charge is 0.497 e. The Hall–Kier alpha value is -4.06. The number of hydrogen-bond donors (Lipinski definition) is 3. The monoisotopic (exact) mass is 501 g/mol. The van der Waals surface area contributed by atoms with Gasteiger partial charge in [-0.05, 0) is 36.4 Å². The Morgan fingerprint density at radius 2 is 1.97 bits per heavy atom. The van der Waals surface area contributed by atoms with Crippen LogP contribution in [0, 0.1) is 0 Å². The second kappa shape index (κ2) is 11.1. The van der Waals surface area contributed by atoms with Gasteiger partial charge in [0.1, 0.15) is 11.8 Å². The lowest BCUT2D eigenvalue weighted by molar-refractivity contribution is -0.160. The third-order valence-corrected chi connectivity index (χ3v) is 5.86. The normalized spacial score (nSPS) is 17.4. The minimum absolute atomic E-state index is 0.0923. The van der Waals surface area contributed by atoms with Crippen LogP contribution in [0.5, 0.6) is 5.75 Å². The van der Waals surface area contributed by atoms with E-state index in [1.807, 2.05) is 6.07 Å². The van der Waals surface area contributed by atoms with Crippen LogP contribution < -0.4 is 15.4 Å². The van der Waals surface area contributed by atoms with Crippen LogP contribution in [0.1, 0.15) is 22.5 Å². The quantitative estimate of drug-likeness (QED) is 0.411. The highest BCUT2D eigenvalue weighted by Gasteiger charge is 2.41. The van der Waals surface area contributed by atoms with Gasteiger partial charge in [0.2, 0.25) is 11.8 Å². The molecule has 1 aliphatic rings. The molecule has 1 saturated heterocycles. The van der Waals surface area contributed by atoms with Gasteiger partial charge in [-0.15, -0.1) is 0 Å². The lowest BCUT2D eigenvalue weighted by Crippen LogP contribution is -2.49. The van der Waals surface area contributed by atoms with Crippen molar-refractivity contribution in [2.75, 3.05) is 20.2 Å². The number of ether oxygens (including phenoxy) is 2. The van der Waals surface area contributed by atoms with E-state index in [1.165, 1.54) is 19.2 Å². The summed E-state index contributed by atoms with van der Waals surface area (Å²) in [4.78, 5) is 46.5. The number of aromatic nitrogens is 2.